The van der Waals surface area contributed by atoms with Crippen molar-refractivity contribution in [1.82, 2.24) is 15.0 Å². The summed E-state index contributed by atoms with van der Waals surface area (Å²) in [7, 11) is 0. The lowest BCUT2D eigenvalue weighted by molar-refractivity contribution is -0.143. The summed E-state index contributed by atoms with van der Waals surface area (Å²) in [6, 6.07) is 9.50. The lowest BCUT2D eigenvalue weighted by Gasteiger charge is -2.02. The van der Waals surface area contributed by atoms with Gasteiger partial charge >= 0.3 is 5.97 Å². The van der Waals surface area contributed by atoms with Crippen LogP contribution in [-0.2, 0) is 16.0 Å². The molecule has 0 atom stereocenters. The summed E-state index contributed by atoms with van der Waals surface area (Å²) in [6.45, 7) is 2.31. The maximum atomic E-state index is 12.4. The van der Waals surface area contributed by atoms with Gasteiger partial charge in [0.1, 0.15) is 5.69 Å². The van der Waals surface area contributed by atoms with Crippen LogP contribution in [-0.4, -0.2) is 27.6 Å². The Balaban J connectivity index is 1.53. The van der Waals surface area contributed by atoms with Gasteiger partial charge in [-0.1, -0.05) is 56.7 Å². The number of ether oxygens (including phenoxy) is 1. The Morgan fingerprint density at radius 2 is 1.63 bits per heavy atom. The van der Waals surface area contributed by atoms with Gasteiger partial charge in [0.25, 0.3) is 5.56 Å². The van der Waals surface area contributed by atoms with E-state index in [2.05, 4.69) is 10.3 Å². The number of carbonyl (C=O) groups excluding carboxylic acids is 1. The van der Waals surface area contributed by atoms with E-state index in [9.17, 15) is 9.59 Å². The van der Waals surface area contributed by atoms with Crippen LogP contribution in [0, 0.1) is 0 Å². The van der Waals surface area contributed by atoms with Crippen molar-refractivity contribution in [3.8, 4) is 5.69 Å². The highest BCUT2D eigenvalue weighted by atomic mass is 16.5. The number of hydrogen-bond donors (Lipinski definition) is 1. The first-order valence-corrected chi connectivity index (χ1v) is 10.1. The molecule has 0 amide bonds. The third-order valence-electron chi connectivity index (χ3n) is 4.60. The minimum atomic E-state index is -0.0813. The van der Waals surface area contributed by atoms with Gasteiger partial charge in [0.2, 0.25) is 0 Å². The number of nitrogens with one attached hydrogen (secondary N) is 1. The highest BCUT2D eigenvalue weighted by molar-refractivity contribution is 5.69. The molecule has 0 unspecified atom stereocenters. The normalized spacial score (nSPS) is 10.9. The molecule has 0 aliphatic heterocycles. The quantitative estimate of drug-likeness (QED) is 0.422. The van der Waals surface area contributed by atoms with Gasteiger partial charge < -0.3 is 4.74 Å². The summed E-state index contributed by atoms with van der Waals surface area (Å²) in [4.78, 5) is 23.6. The van der Waals surface area contributed by atoms with E-state index in [1.54, 1.807) is 0 Å². The van der Waals surface area contributed by atoms with Gasteiger partial charge in [0.05, 0.1) is 12.3 Å². The van der Waals surface area contributed by atoms with E-state index >= 15 is 0 Å². The first-order valence-electron chi connectivity index (χ1n) is 10.1. The molecule has 2 rings (SSSR count). The number of para-hydroxylation sites is 1. The van der Waals surface area contributed by atoms with Crippen molar-refractivity contribution < 1.29 is 9.53 Å². The number of aromatic amines is 1. The van der Waals surface area contributed by atoms with Crippen LogP contribution < -0.4 is 5.56 Å². The molecule has 148 valence electrons. The Bertz CT molecular complexity index is 722. The molecule has 0 spiro atoms. The second kappa shape index (κ2) is 12.1. The number of aryl methyl sites for hydroxylation is 1. The van der Waals surface area contributed by atoms with Crippen LogP contribution >= 0.6 is 0 Å². The van der Waals surface area contributed by atoms with Gasteiger partial charge in [0, 0.05) is 6.42 Å². The second-order valence-electron chi connectivity index (χ2n) is 6.77. The van der Waals surface area contributed by atoms with Gasteiger partial charge in [-0.25, -0.2) is 9.90 Å². The maximum Gasteiger partial charge on any atom is 0.305 e. The fourth-order valence-electron chi connectivity index (χ4n) is 3.10. The molecule has 0 fully saturated rings. The van der Waals surface area contributed by atoms with Gasteiger partial charge in [-0.2, -0.15) is 5.10 Å². The molecule has 1 heterocycles. The van der Waals surface area contributed by atoms with Crippen LogP contribution in [0.2, 0.25) is 0 Å². The molecular weight excluding hydrogens is 342 g/mol. The summed E-state index contributed by atoms with van der Waals surface area (Å²) in [5.74, 6) is -0.0813. The SMILES string of the molecule is CCOC(=O)CCCCCCCCCCc1n[nH]n(-c2ccccc2)c1=O. The molecule has 0 aliphatic rings. The topological polar surface area (TPSA) is 77.0 Å². The zero-order valence-electron chi connectivity index (χ0n) is 16.3. The number of aromatic nitrogens is 3. The number of unbranched alkanes of at least 4 members (excludes halogenated alkanes) is 7. The summed E-state index contributed by atoms with van der Waals surface area (Å²) < 4.78 is 6.41. The van der Waals surface area contributed by atoms with Crippen LogP contribution in [0.3, 0.4) is 0 Å². The van der Waals surface area contributed by atoms with Crippen molar-refractivity contribution in [3.63, 3.8) is 0 Å². The Labute approximate surface area is 160 Å². The first kappa shape index (κ1) is 20.9. The Morgan fingerprint density at radius 3 is 2.30 bits per heavy atom. The van der Waals surface area contributed by atoms with Crippen LogP contribution in [0.15, 0.2) is 35.1 Å². The fourth-order valence-corrected chi connectivity index (χ4v) is 3.10. The number of nitrogens with zero attached hydrogens (tertiary/aromatic N) is 2. The minimum absolute atomic E-state index is 0.0530. The number of benzene rings is 1. The van der Waals surface area contributed by atoms with Gasteiger partial charge in [-0.15, -0.1) is 0 Å². The molecule has 27 heavy (non-hydrogen) atoms. The number of carbonyl (C=O) groups is 1. The average molecular weight is 373 g/mol. The van der Waals surface area contributed by atoms with Crippen molar-refractivity contribution in [3.05, 3.63) is 46.4 Å². The number of hydrogen-bond acceptors (Lipinski definition) is 4. The molecule has 0 saturated heterocycles. The third-order valence-corrected chi connectivity index (χ3v) is 4.60. The zero-order chi connectivity index (χ0) is 19.3. The lowest BCUT2D eigenvalue weighted by atomic mass is 10.1. The molecular formula is C21H31N3O3. The largest absolute Gasteiger partial charge is 0.466 e. The van der Waals surface area contributed by atoms with E-state index in [1.165, 1.54) is 30.4 Å². The van der Waals surface area contributed by atoms with E-state index in [-0.39, 0.29) is 11.5 Å². The third kappa shape index (κ3) is 7.41. The molecule has 1 N–H and O–H groups in total. The van der Waals surface area contributed by atoms with Crippen LogP contribution in [0.1, 0.15) is 70.4 Å². The van der Waals surface area contributed by atoms with Crippen LogP contribution in [0.4, 0.5) is 0 Å². The Morgan fingerprint density at radius 1 is 1.00 bits per heavy atom. The maximum absolute atomic E-state index is 12.4. The summed E-state index contributed by atoms with van der Waals surface area (Å²) in [5, 5.41) is 6.98. The zero-order valence-corrected chi connectivity index (χ0v) is 16.3. The van der Waals surface area contributed by atoms with Crippen molar-refractivity contribution in [2.45, 2.75) is 71.1 Å². The molecule has 6 heteroatoms. The Hall–Kier alpha value is -2.37. The minimum Gasteiger partial charge on any atom is -0.466 e. The molecule has 6 nitrogen and oxygen atoms in total. The highest BCUT2D eigenvalue weighted by Crippen LogP contribution is 2.11. The van der Waals surface area contributed by atoms with E-state index in [0.29, 0.717) is 25.1 Å². The molecule has 0 aliphatic carbocycles. The average Bonchev–Trinajstić information content (AvgIpc) is 3.04. The van der Waals surface area contributed by atoms with Gasteiger partial charge in [0.15, 0.2) is 0 Å². The molecule has 0 saturated carbocycles. The number of H-pyrrole nitrogens is 1. The van der Waals surface area contributed by atoms with Gasteiger partial charge in [-0.3, -0.25) is 9.59 Å². The predicted molar refractivity (Wildman–Crippen MR) is 106 cm³/mol. The summed E-state index contributed by atoms with van der Waals surface area (Å²) >= 11 is 0. The molecule has 2 aromatic rings. The molecule has 0 bridgehead atoms. The molecule has 0 radical (unpaired) electrons. The van der Waals surface area contributed by atoms with E-state index in [1.807, 2.05) is 37.3 Å². The van der Waals surface area contributed by atoms with E-state index in [0.717, 1.165) is 31.4 Å². The van der Waals surface area contributed by atoms with Crippen molar-refractivity contribution in [2.24, 2.45) is 0 Å². The van der Waals surface area contributed by atoms with Gasteiger partial charge in [-0.05, 0) is 38.3 Å². The molecule has 1 aromatic carbocycles. The van der Waals surface area contributed by atoms with E-state index < -0.39 is 0 Å². The molecule has 1 aromatic heterocycles. The standard InChI is InChI=1S/C21H31N3O3/c1-2-27-20(25)17-13-8-6-4-3-5-7-12-16-19-21(26)24(23-22-19)18-14-10-9-11-15-18/h9-11,14-15,23H,2-8,12-13,16-17H2,1H3. The fraction of sp³-hybridized carbons (Fsp3) is 0.571. The summed E-state index contributed by atoms with van der Waals surface area (Å²) in [5.41, 5.74) is 1.37. The van der Waals surface area contributed by atoms with Crippen LogP contribution in [0.25, 0.3) is 5.69 Å². The number of esters is 1. The summed E-state index contributed by atoms with van der Waals surface area (Å²) in [6.07, 6.45) is 10.1. The smallest absolute Gasteiger partial charge is 0.305 e. The number of rotatable bonds is 13. The van der Waals surface area contributed by atoms with Crippen LogP contribution in [0.5, 0.6) is 0 Å². The Kier molecular flexibility index (Phi) is 9.38. The van der Waals surface area contributed by atoms with Crippen molar-refractivity contribution in [1.29, 1.82) is 0 Å². The highest BCUT2D eigenvalue weighted by Gasteiger charge is 2.08. The first-order chi connectivity index (χ1) is 13.2. The van der Waals surface area contributed by atoms with Crippen molar-refractivity contribution >= 4 is 5.97 Å². The second-order valence-corrected chi connectivity index (χ2v) is 6.77. The van der Waals surface area contributed by atoms with E-state index in [4.69, 9.17) is 4.74 Å². The van der Waals surface area contributed by atoms with Crippen molar-refractivity contribution in [2.75, 3.05) is 6.61 Å². The monoisotopic (exact) mass is 373 g/mol. The predicted octanol–water partition coefficient (Wildman–Crippen LogP) is 4.18. The lowest BCUT2D eigenvalue weighted by Crippen LogP contribution is -2.17.